The third-order valence-corrected chi connectivity index (χ3v) is 4.47. The van der Waals surface area contributed by atoms with E-state index in [0.717, 1.165) is 4.31 Å². The Kier molecular flexibility index (Phi) is 5.25. The van der Waals surface area contributed by atoms with Crippen LogP contribution in [-0.2, 0) is 10.0 Å². The molecule has 0 aromatic heterocycles. The van der Waals surface area contributed by atoms with Gasteiger partial charge in [-0.1, -0.05) is 30.3 Å². The Morgan fingerprint density at radius 2 is 1.67 bits per heavy atom. The molecule has 102 valence electrons. The van der Waals surface area contributed by atoms with Gasteiger partial charge < -0.3 is 4.90 Å². The Balaban J connectivity index is 2.80. The van der Waals surface area contributed by atoms with E-state index in [1.165, 1.54) is 19.2 Å². The predicted molar refractivity (Wildman–Crippen MR) is 70.4 cm³/mol. The van der Waals surface area contributed by atoms with Crippen LogP contribution in [0.3, 0.4) is 0 Å². The fourth-order valence-corrected chi connectivity index (χ4v) is 2.56. The minimum atomic E-state index is -3.95. The van der Waals surface area contributed by atoms with E-state index in [9.17, 15) is 12.8 Å². The van der Waals surface area contributed by atoms with Gasteiger partial charge in [-0.25, -0.2) is 17.1 Å². The van der Waals surface area contributed by atoms with E-state index in [1.54, 1.807) is 18.2 Å². The number of nitrogens with zero attached hydrogens (tertiary/aromatic N) is 2. The molecule has 0 heterocycles. The van der Waals surface area contributed by atoms with E-state index >= 15 is 0 Å². The van der Waals surface area contributed by atoms with Gasteiger partial charge in [-0.15, -0.1) is 0 Å². The molecule has 4 nitrogen and oxygen atoms in total. The molecule has 1 aromatic carbocycles. The lowest BCUT2D eigenvalue weighted by molar-refractivity contribution is 0.340. The van der Waals surface area contributed by atoms with Gasteiger partial charge in [0.25, 0.3) is 10.0 Å². The van der Waals surface area contributed by atoms with Gasteiger partial charge in [0.05, 0.1) is 0 Å². The van der Waals surface area contributed by atoms with Crippen molar-refractivity contribution in [1.82, 2.24) is 9.21 Å². The molecule has 0 bridgehead atoms. The first-order chi connectivity index (χ1) is 8.35. The maximum absolute atomic E-state index is 14.0. The molecule has 0 aliphatic carbocycles. The van der Waals surface area contributed by atoms with E-state index in [2.05, 4.69) is 0 Å². The zero-order valence-corrected chi connectivity index (χ0v) is 11.7. The summed E-state index contributed by atoms with van der Waals surface area (Å²) in [5.74, 6) is 0. The van der Waals surface area contributed by atoms with Crippen LogP contribution in [0.4, 0.5) is 4.39 Å². The highest BCUT2D eigenvalue weighted by Crippen LogP contribution is 2.25. The molecule has 0 aliphatic heterocycles. The van der Waals surface area contributed by atoms with Gasteiger partial charge in [0.1, 0.15) is 0 Å². The standard InChI is InChI=1S/C12H19FN2O2S/c1-14(2)9-10-15(3)18(16,17)12(13)11-7-5-4-6-8-11/h4-8,12H,9-10H2,1-3H3. The second-order valence-corrected chi connectivity index (χ2v) is 6.46. The van der Waals surface area contributed by atoms with Crippen molar-refractivity contribution in [3.63, 3.8) is 0 Å². The number of alkyl halides is 1. The largest absolute Gasteiger partial charge is 0.308 e. The van der Waals surface area contributed by atoms with Crippen LogP contribution in [0.15, 0.2) is 30.3 Å². The summed E-state index contributed by atoms with van der Waals surface area (Å²) in [4.78, 5) is 1.85. The Labute approximate surface area is 108 Å². The molecule has 1 atom stereocenters. The van der Waals surface area contributed by atoms with Gasteiger partial charge in [-0.2, -0.15) is 0 Å². The third kappa shape index (κ3) is 3.76. The van der Waals surface area contributed by atoms with Crippen molar-refractivity contribution < 1.29 is 12.8 Å². The van der Waals surface area contributed by atoms with Crippen LogP contribution in [-0.4, -0.2) is 51.9 Å². The molecule has 0 saturated carbocycles. The summed E-state index contributed by atoms with van der Waals surface area (Å²) in [6.45, 7) is 0.819. The van der Waals surface area contributed by atoms with Crippen molar-refractivity contribution >= 4 is 10.0 Å². The van der Waals surface area contributed by atoms with Crippen LogP contribution in [0.2, 0.25) is 0 Å². The van der Waals surface area contributed by atoms with Crippen LogP contribution in [0.1, 0.15) is 11.1 Å². The zero-order valence-electron chi connectivity index (χ0n) is 10.9. The van der Waals surface area contributed by atoms with Gasteiger partial charge in [-0.05, 0) is 14.1 Å². The highest BCUT2D eigenvalue weighted by molar-refractivity contribution is 7.89. The topological polar surface area (TPSA) is 40.6 Å². The molecule has 0 amide bonds. The second-order valence-electron chi connectivity index (χ2n) is 4.40. The molecule has 0 aliphatic rings. The van der Waals surface area contributed by atoms with E-state index in [-0.39, 0.29) is 12.1 Å². The highest BCUT2D eigenvalue weighted by atomic mass is 32.2. The summed E-state index contributed by atoms with van der Waals surface area (Å²) >= 11 is 0. The van der Waals surface area contributed by atoms with Crippen molar-refractivity contribution in [3.8, 4) is 0 Å². The van der Waals surface area contributed by atoms with Crippen molar-refractivity contribution in [2.75, 3.05) is 34.2 Å². The summed E-state index contributed by atoms with van der Waals surface area (Å²) in [5, 5.41) is 0. The average molecular weight is 274 g/mol. The second kappa shape index (κ2) is 6.26. The molecule has 1 rings (SSSR count). The maximum Gasteiger partial charge on any atom is 0.250 e. The third-order valence-electron chi connectivity index (χ3n) is 2.62. The molecule has 0 N–H and O–H groups in total. The molecule has 6 heteroatoms. The minimum Gasteiger partial charge on any atom is -0.308 e. The molecule has 0 radical (unpaired) electrons. The first-order valence-electron chi connectivity index (χ1n) is 5.64. The zero-order chi connectivity index (χ0) is 13.8. The predicted octanol–water partition coefficient (Wildman–Crippen LogP) is 1.48. The number of sulfonamides is 1. The lowest BCUT2D eigenvalue weighted by atomic mass is 10.2. The van der Waals surface area contributed by atoms with Crippen LogP contribution < -0.4 is 0 Å². The van der Waals surface area contributed by atoms with Gasteiger partial charge in [0.15, 0.2) is 0 Å². The molecule has 0 spiro atoms. The number of hydrogen-bond donors (Lipinski definition) is 0. The van der Waals surface area contributed by atoms with Gasteiger partial charge in [0.2, 0.25) is 5.50 Å². The molecular weight excluding hydrogens is 255 g/mol. The van der Waals surface area contributed by atoms with Crippen molar-refractivity contribution in [2.45, 2.75) is 5.50 Å². The smallest absolute Gasteiger partial charge is 0.250 e. The Morgan fingerprint density at radius 1 is 1.11 bits per heavy atom. The fourth-order valence-electron chi connectivity index (χ4n) is 1.40. The van der Waals surface area contributed by atoms with Crippen LogP contribution in [0.25, 0.3) is 0 Å². The summed E-state index contributed by atoms with van der Waals surface area (Å²) in [6.07, 6.45) is 0. The summed E-state index contributed by atoms with van der Waals surface area (Å²) < 4.78 is 39.1. The number of benzene rings is 1. The van der Waals surface area contributed by atoms with Crippen molar-refractivity contribution in [2.24, 2.45) is 0 Å². The summed E-state index contributed by atoms with van der Waals surface area (Å²) in [5.41, 5.74) is -1.85. The number of likely N-dealkylation sites (N-methyl/N-ethyl adjacent to an activating group) is 2. The molecule has 0 saturated heterocycles. The molecule has 18 heavy (non-hydrogen) atoms. The Bertz CT molecular complexity index is 462. The van der Waals surface area contributed by atoms with Gasteiger partial charge in [0, 0.05) is 25.7 Å². The SMILES string of the molecule is CN(C)CCN(C)S(=O)(=O)C(F)c1ccccc1. The average Bonchev–Trinajstić information content (AvgIpc) is 2.35. The normalized spacial score (nSPS) is 14.1. The van der Waals surface area contributed by atoms with Crippen molar-refractivity contribution in [3.05, 3.63) is 35.9 Å². The van der Waals surface area contributed by atoms with E-state index in [1.807, 2.05) is 19.0 Å². The minimum absolute atomic E-state index is 0.161. The first kappa shape index (κ1) is 15.1. The fraction of sp³-hybridized carbons (Fsp3) is 0.500. The highest BCUT2D eigenvalue weighted by Gasteiger charge is 2.30. The van der Waals surface area contributed by atoms with Gasteiger partial charge >= 0.3 is 0 Å². The van der Waals surface area contributed by atoms with E-state index in [4.69, 9.17) is 0 Å². The lowest BCUT2D eigenvalue weighted by Gasteiger charge is -2.21. The number of halogens is 1. The van der Waals surface area contributed by atoms with E-state index in [0.29, 0.717) is 6.54 Å². The number of rotatable bonds is 6. The molecule has 0 fully saturated rings. The Hall–Kier alpha value is -0.980. The van der Waals surface area contributed by atoms with E-state index < -0.39 is 15.5 Å². The first-order valence-corrected chi connectivity index (χ1v) is 7.15. The van der Waals surface area contributed by atoms with Crippen LogP contribution >= 0.6 is 0 Å². The monoisotopic (exact) mass is 274 g/mol. The lowest BCUT2D eigenvalue weighted by Crippen LogP contribution is -2.35. The molecular formula is C12H19FN2O2S. The maximum atomic E-state index is 14.0. The summed E-state index contributed by atoms with van der Waals surface area (Å²) in [7, 11) is 1.13. The number of hydrogen-bond acceptors (Lipinski definition) is 3. The molecule has 1 unspecified atom stereocenters. The summed E-state index contributed by atoms with van der Waals surface area (Å²) in [6, 6.07) is 7.91. The van der Waals surface area contributed by atoms with Crippen LogP contribution in [0, 0.1) is 0 Å². The molecule has 1 aromatic rings. The quantitative estimate of drug-likeness (QED) is 0.789. The van der Waals surface area contributed by atoms with Crippen LogP contribution in [0.5, 0.6) is 0 Å². The van der Waals surface area contributed by atoms with Crippen molar-refractivity contribution in [1.29, 1.82) is 0 Å². The Morgan fingerprint density at radius 3 is 2.17 bits per heavy atom. The van der Waals surface area contributed by atoms with Gasteiger partial charge in [-0.3, -0.25) is 0 Å².